The number of nitrogens with one attached hydrogen (secondary N) is 2. The van der Waals surface area contributed by atoms with Crippen molar-refractivity contribution < 1.29 is 33.1 Å². The van der Waals surface area contributed by atoms with Gasteiger partial charge < -0.3 is 24.8 Å². The molecule has 15 heteroatoms. The topological polar surface area (TPSA) is 159 Å². The van der Waals surface area contributed by atoms with E-state index in [2.05, 4.69) is 20.7 Å². The number of ether oxygens (including phenoxy) is 3. The lowest BCUT2D eigenvalue weighted by atomic mass is 10.2. The van der Waals surface area contributed by atoms with Crippen LogP contribution >= 0.6 is 11.6 Å². The highest BCUT2D eigenvalue weighted by Crippen LogP contribution is 2.30. The number of nitro groups is 1. The molecule has 35 heavy (non-hydrogen) atoms. The Morgan fingerprint density at radius 3 is 2.74 bits per heavy atom. The van der Waals surface area contributed by atoms with Crippen LogP contribution in [0.1, 0.15) is 22.8 Å². The van der Waals surface area contributed by atoms with Gasteiger partial charge in [0.25, 0.3) is 5.91 Å². The molecule has 0 fully saturated rings. The Hall–Kier alpha value is -4.04. The van der Waals surface area contributed by atoms with E-state index in [4.69, 9.17) is 25.8 Å². The van der Waals surface area contributed by atoms with Crippen LogP contribution in [0.3, 0.4) is 0 Å². The number of methoxy groups -OCH3 is 1. The molecule has 0 aliphatic carbocycles. The third-order valence-corrected chi connectivity index (χ3v) is 4.80. The van der Waals surface area contributed by atoms with Crippen molar-refractivity contribution in [3.05, 3.63) is 56.6 Å². The number of nitro benzene ring substituents is 1. The van der Waals surface area contributed by atoms with Gasteiger partial charge in [-0.2, -0.15) is 9.61 Å². The van der Waals surface area contributed by atoms with Gasteiger partial charge in [-0.15, -0.1) is 0 Å². The summed E-state index contributed by atoms with van der Waals surface area (Å²) in [6.07, 6.45) is 0.462. The molecule has 3 aromatic rings. The molecule has 2 heterocycles. The zero-order chi connectivity index (χ0) is 25.7. The molecule has 0 saturated heterocycles. The van der Waals surface area contributed by atoms with E-state index in [0.29, 0.717) is 0 Å². The number of carbonyl (C=O) groups is 2. The molecule has 0 saturated carbocycles. The van der Waals surface area contributed by atoms with Crippen molar-refractivity contribution in [3.8, 4) is 11.6 Å². The van der Waals surface area contributed by atoms with Gasteiger partial charge in [0, 0.05) is 36.9 Å². The van der Waals surface area contributed by atoms with Crippen LogP contribution in [0.2, 0.25) is 5.15 Å². The number of aromatic nitrogens is 3. The molecule has 0 spiro atoms. The lowest BCUT2D eigenvalue weighted by Crippen LogP contribution is -2.35. The van der Waals surface area contributed by atoms with Crippen molar-refractivity contribution in [2.75, 3.05) is 20.8 Å². The number of hydrogen-bond donors (Lipinski definition) is 2. The first-order valence-corrected chi connectivity index (χ1v) is 10.4. The fraction of sp³-hybridized carbons (Fsp3) is 0.300. The summed E-state index contributed by atoms with van der Waals surface area (Å²) in [5, 5.41) is 20.1. The summed E-state index contributed by atoms with van der Waals surface area (Å²) in [7, 11) is 2.57. The van der Waals surface area contributed by atoms with E-state index in [-0.39, 0.29) is 46.8 Å². The summed E-state index contributed by atoms with van der Waals surface area (Å²) in [6, 6.07) is 2.66. The zero-order valence-corrected chi connectivity index (χ0v) is 19.5. The third-order valence-electron chi connectivity index (χ3n) is 4.60. The second-order valence-corrected chi connectivity index (χ2v) is 7.50. The molecule has 0 bridgehead atoms. The zero-order valence-electron chi connectivity index (χ0n) is 18.7. The number of hydrogen-bond acceptors (Lipinski definition) is 9. The largest absolute Gasteiger partial charge is 0.490 e. The molecular weight excluding hydrogens is 491 g/mol. The van der Waals surface area contributed by atoms with Gasteiger partial charge in [-0.05, 0) is 6.92 Å². The number of benzene rings is 1. The number of amides is 2. The first-order valence-electron chi connectivity index (χ1n) is 9.97. The van der Waals surface area contributed by atoms with E-state index in [1.807, 2.05) is 0 Å². The van der Waals surface area contributed by atoms with E-state index in [0.717, 1.165) is 16.6 Å². The third kappa shape index (κ3) is 5.91. The van der Waals surface area contributed by atoms with Gasteiger partial charge in [-0.25, -0.2) is 14.2 Å². The maximum Gasteiger partial charge on any atom is 0.413 e. The Bertz CT molecular complexity index is 1280. The Labute approximate surface area is 202 Å². The fourth-order valence-electron chi connectivity index (χ4n) is 2.98. The van der Waals surface area contributed by atoms with Gasteiger partial charge in [0.2, 0.25) is 5.88 Å². The number of nitrogens with zero attached hydrogens (tertiary/aromatic N) is 4. The maximum absolute atomic E-state index is 14.2. The second kappa shape index (κ2) is 10.9. The van der Waals surface area contributed by atoms with E-state index >= 15 is 0 Å². The van der Waals surface area contributed by atoms with Crippen LogP contribution in [0.15, 0.2) is 24.4 Å². The van der Waals surface area contributed by atoms with Gasteiger partial charge in [-0.1, -0.05) is 11.6 Å². The molecule has 0 radical (unpaired) electrons. The van der Waals surface area contributed by atoms with Crippen molar-refractivity contribution in [2.24, 2.45) is 0 Å². The number of carbonyl (C=O) groups excluding carboxylic acids is 2. The van der Waals surface area contributed by atoms with Crippen LogP contribution in [-0.2, 0) is 11.3 Å². The number of rotatable bonds is 9. The standard InChI is InChI=1S/C20H20ClFN6O7/c1-10(8-34-9-11-4-14(28(31)32)15(33-3)5-13(11)22)25-19(29)12-7-24-27-17(35-20(30)23-2)6-16(21)26-18(12)27/h4-7,10H,8-9H2,1-3H3,(H,23,30)(H,25,29). The van der Waals surface area contributed by atoms with Crippen molar-refractivity contribution >= 4 is 34.9 Å². The predicted molar refractivity (Wildman–Crippen MR) is 119 cm³/mol. The van der Waals surface area contributed by atoms with Gasteiger partial charge in [-0.3, -0.25) is 14.9 Å². The van der Waals surface area contributed by atoms with Crippen LogP contribution in [0.4, 0.5) is 14.9 Å². The second-order valence-electron chi connectivity index (χ2n) is 7.11. The maximum atomic E-state index is 14.2. The van der Waals surface area contributed by atoms with E-state index in [1.165, 1.54) is 26.4 Å². The summed E-state index contributed by atoms with van der Waals surface area (Å²) in [6.45, 7) is 1.32. The molecule has 1 unspecified atom stereocenters. The highest BCUT2D eigenvalue weighted by atomic mass is 35.5. The SMILES string of the molecule is CNC(=O)Oc1cc(Cl)nc2c(C(=O)NC(C)COCc3cc([N+](=O)[O-])c(OC)cc3F)cnn12. The molecule has 0 aliphatic rings. The minimum Gasteiger partial charge on any atom is -0.490 e. The first kappa shape index (κ1) is 25.6. The van der Waals surface area contributed by atoms with Gasteiger partial charge >= 0.3 is 11.8 Å². The van der Waals surface area contributed by atoms with Crippen LogP contribution in [0.5, 0.6) is 11.6 Å². The van der Waals surface area contributed by atoms with Crippen LogP contribution in [0, 0.1) is 15.9 Å². The molecule has 2 N–H and O–H groups in total. The first-order chi connectivity index (χ1) is 16.6. The summed E-state index contributed by atoms with van der Waals surface area (Å²) < 4.78 is 30.7. The van der Waals surface area contributed by atoms with Crippen LogP contribution < -0.4 is 20.1 Å². The quantitative estimate of drug-likeness (QED) is 0.250. The number of halogens is 2. The summed E-state index contributed by atoms with van der Waals surface area (Å²) >= 11 is 5.98. The monoisotopic (exact) mass is 510 g/mol. The van der Waals surface area contributed by atoms with Crippen LogP contribution in [-0.4, -0.2) is 58.3 Å². The Morgan fingerprint density at radius 1 is 1.34 bits per heavy atom. The minimum atomic E-state index is -0.764. The molecule has 2 aromatic heterocycles. The molecule has 2 amide bonds. The van der Waals surface area contributed by atoms with Crippen molar-refractivity contribution in [2.45, 2.75) is 19.6 Å². The normalized spacial score (nSPS) is 11.7. The average molecular weight is 511 g/mol. The van der Waals surface area contributed by atoms with Gasteiger partial charge in [0.05, 0.1) is 31.4 Å². The molecule has 0 aliphatic heterocycles. The smallest absolute Gasteiger partial charge is 0.413 e. The van der Waals surface area contributed by atoms with E-state index in [1.54, 1.807) is 6.92 Å². The Morgan fingerprint density at radius 2 is 2.09 bits per heavy atom. The van der Waals surface area contributed by atoms with Gasteiger partial charge in [0.1, 0.15) is 16.5 Å². The van der Waals surface area contributed by atoms with Crippen molar-refractivity contribution in [1.82, 2.24) is 25.2 Å². The van der Waals surface area contributed by atoms with Crippen molar-refractivity contribution in [3.63, 3.8) is 0 Å². The lowest BCUT2D eigenvalue weighted by molar-refractivity contribution is -0.385. The fourth-order valence-corrected chi connectivity index (χ4v) is 3.15. The lowest BCUT2D eigenvalue weighted by Gasteiger charge is -2.14. The average Bonchev–Trinajstić information content (AvgIpc) is 3.23. The highest BCUT2D eigenvalue weighted by molar-refractivity contribution is 6.29. The molecule has 13 nitrogen and oxygen atoms in total. The van der Waals surface area contributed by atoms with E-state index < -0.39 is 34.5 Å². The summed E-state index contributed by atoms with van der Waals surface area (Å²) in [5.74, 6) is -1.55. The molecule has 186 valence electrons. The molecule has 1 atom stereocenters. The van der Waals surface area contributed by atoms with Crippen molar-refractivity contribution in [1.29, 1.82) is 0 Å². The number of fused-ring (bicyclic) bond motifs is 1. The molecular formula is C20H20ClFN6O7. The van der Waals surface area contributed by atoms with Crippen LogP contribution in [0.25, 0.3) is 5.65 Å². The summed E-state index contributed by atoms with van der Waals surface area (Å²) in [5.41, 5.74) is -0.332. The predicted octanol–water partition coefficient (Wildman–Crippen LogP) is 2.49. The minimum absolute atomic E-state index is 0.0297. The summed E-state index contributed by atoms with van der Waals surface area (Å²) in [4.78, 5) is 38.8. The molecule has 3 rings (SSSR count). The Balaban J connectivity index is 1.66. The molecule has 1 aromatic carbocycles. The van der Waals surface area contributed by atoms with Gasteiger partial charge in [0.15, 0.2) is 11.4 Å². The van der Waals surface area contributed by atoms with E-state index in [9.17, 15) is 24.1 Å². The highest BCUT2D eigenvalue weighted by Gasteiger charge is 2.21. The Kier molecular flexibility index (Phi) is 7.98.